The summed E-state index contributed by atoms with van der Waals surface area (Å²) in [5.74, 6) is -2.41. The van der Waals surface area contributed by atoms with Crippen molar-refractivity contribution in [1.29, 1.82) is 0 Å². The molecule has 166 valence electrons. The van der Waals surface area contributed by atoms with E-state index in [0.717, 1.165) is 5.56 Å². The zero-order valence-electron chi connectivity index (χ0n) is 18.4. The number of aliphatic hydroxyl groups is 1. The third kappa shape index (κ3) is 2.96. The number of ether oxygens (including phenoxy) is 1. The lowest BCUT2D eigenvalue weighted by atomic mass is 9.81. The summed E-state index contributed by atoms with van der Waals surface area (Å²) in [5.41, 5.74) is 0.632. The van der Waals surface area contributed by atoms with Gasteiger partial charge in [-0.15, -0.1) is 0 Å². The number of benzene rings is 2. The average Bonchev–Trinajstić information content (AvgIpc) is 3.17. The van der Waals surface area contributed by atoms with Gasteiger partial charge in [0.25, 0.3) is 17.6 Å². The van der Waals surface area contributed by atoms with Crippen LogP contribution in [0.5, 0.6) is 0 Å². The molecule has 7 heteroatoms. The van der Waals surface area contributed by atoms with E-state index in [1.165, 1.54) is 4.90 Å². The number of amides is 2. The number of aryl methyl sites for hydroxylation is 1. The highest BCUT2D eigenvalue weighted by Gasteiger charge is 2.66. The molecule has 1 N–H and O–H groups in total. The fraction of sp³-hybridized carbons (Fsp3) is 0.320. The minimum Gasteiger partial charge on any atom is -0.507 e. The van der Waals surface area contributed by atoms with Gasteiger partial charge in [0.1, 0.15) is 5.76 Å². The van der Waals surface area contributed by atoms with Crippen molar-refractivity contribution in [3.63, 3.8) is 0 Å². The maximum absolute atomic E-state index is 14.0. The molecular formula is C25H26N2O5. The van der Waals surface area contributed by atoms with Crippen molar-refractivity contribution >= 4 is 29.0 Å². The molecule has 0 aliphatic carbocycles. The van der Waals surface area contributed by atoms with Crippen LogP contribution in [0.4, 0.5) is 5.69 Å². The van der Waals surface area contributed by atoms with Gasteiger partial charge in [-0.2, -0.15) is 0 Å². The highest BCUT2D eigenvalue weighted by atomic mass is 16.5. The van der Waals surface area contributed by atoms with E-state index in [1.54, 1.807) is 54.5 Å². The summed E-state index contributed by atoms with van der Waals surface area (Å²) in [6.45, 7) is 4.62. The fourth-order valence-electron chi connectivity index (χ4n) is 4.70. The molecule has 2 heterocycles. The first-order valence-electron chi connectivity index (χ1n) is 10.7. The summed E-state index contributed by atoms with van der Waals surface area (Å²) in [4.78, 5) is 43.4. The van der Waals surface area contributed by atoms with Crippen LogP contribution in [0.2, 0.25) is 0 Å². The van der Waals surface area contributed by atoms with Gasteiger partial charge in [-0.05, 0) is 26.3 Å². The van der Waals surface area contributed by atoms with Gasteiger partial charge in [0.2, 0.25) is 0 Å². The highest BCUT2D eigenvalue weighted by molar-refractivity contribution is 6.50. The molecule has 0 unspecified atom stereocenters. The van der Waals surface area contributed by atoms with Crippen LogP contribution >= 0.6 is 0 Å². The van der Waals surface area contributed by atoms with Gasteiger partial charge in [0.05, 0.1) is 11.3 Å². The van der Waals surface area contributed by atoms with Crippen molar-refractivity contribution in [3.05, 3.63) is 70.8 Å². The van der Waals surface area contributed by atoms with Crippen molar-refractivity contribution < 1.29 is 24.2 Å². The smallest absolute Gasteiger partial charge is 0.296 e. The van der Waals surface area contributed by atoms with Crippen molar-refractivity contribution in [1.82, 2.24) is 4.90 Å². The number of carbonyl (C=O) groups excluding carboxylic acids is 3. The standard InChI is InChI=1S/C25H26N2O5/c1-4-26-19-9-6-5-8-18(19)25(24(26)31)20(21(28)17-12-10-16(2)11-13-17)22(29)23(30)27(25)14-7-15-32-3/h5-6,8-13,28H,4,7,14-15H2,1-3H3/t25-/m0/s1. The number of carbonyl (C=O) groups is 3. The van der Waals surface area contributed by atoms with Gasteiger partial charge in [-0.25, -0.2) is 0 Å². The molecule has 32 heavy (non-hydrogen) atoms. The molecule has 0 saturated carbocycles. The van der Waals surface area contributed by atoms with E-state index in [1.807, 2.05) is 19.9 Å². The maximum atomic E-state index is 14.0. The Bertz CT molecular complexity index is 1120. The van der Waals surface area contributed by atoms with Crippen LogP contribution in [-0.2, 0) is 24.7 Å². The molecule has 7 nitrogen and oxygen atoms in total. The normalized spacial score (nSPS) is 21.7. The Morgan fingerprint density at radius 2 is 1.75 bits per heavy atom. The minimum atomic E-state index is -1.70. The molecule has 0 aromatic heterocycles. The van der Waals surface area contributed by atoms with Gasteiger partial charge in [0.15, 0.2) is 5.54 Å². The van der Waals surface area contributed by atoms with E-state index < -0.39 is 23.1 Å². The average molecular weight is 434 g/mol. The van der Waals surface area contributed by atoms with Crippen LogP contribution < -0.4 is 4.90 Å². The summed E-state index contributed by atoms with van der Waals surface area (Å²) >= 11 is 0. The van der Waals surface area contributed by atoms with E-state index in [-0.39, 0.29) is 17.9 Å². The van der Waals surface area contributed by atoms with Gasteiger partial charge >= 0.3 is 0 Å². The number of nitrogens with zero attached hydrogens (tertiary/aromatic N) is 2. The van der Waals surface area contributed by atoms with Crippen molar-refractivity contribution in [2.75, 3.05) is 31.7 Å². The predicted octanol–water partition coefficient (Wildman–Crippen LogP) is 2.97. The van der Waals surface area contributed by atoms with Gasteiger partial charge < -0.3 is 19.6 Å². The minimum absolute atomic E-state index is 0.140. The number of likely N-dealkylation sites (tertiary alicyclic amines) is 1. The second kappa shape index (κ2) is 8.24. The molecule has 1 saturated heterocycles. The van der Waals surface area contributed by atoms with E-state index in [4.69, 9.17) is 4.74 Å². The van der Waals surface area contributed by atoms with Gasteiger partial charge in [-0.1, -0.05) is 48.0 Å². The number of hydrogen-bond acceptors (Lipinski definition) is 5. The Kier molecular flexibility index (Phi) is 5.60. The van der Waals surface area contributed by atoms with E-state index in [0.29, 0.717) is 36.4 Å². The molecule has 1 spiro atoms. The Hall–Kier alpha value is -3.45. The summed E-state index contributed by atoms with van der Waals surface area (Å²) < 4.78 is 5.13. The van der Waals surface area contributed by atoms with Crippen LogP contribution in [-0.4, -0.2) is 54.4 Å². The maximum Gasteiger partial charge on any atom is 0.296 e. The Labute approximate surface area is 186 Å². The summed E-state index contributed by atoms with van der Waals surface area (Å²) in [6.07, 6.45) is 0.442. The summed E-state index contributed by atoms with van der Waals surface area (Å²) in [5, 5.41) is 11.3. The second-order valence-corrected chi connectivity index (χ2v) is 8.00. The lowest BCUT2D eigenvalue weighted by molar-refractivity contribution is -0.143. The van der Waals surface area contributed by atoms with Crippen LogP contribution in [0.3, 0.4) is 0 Å². The molecule has 0 bridgehead atoms. The molecule has 2 aliphatic heterocycles. The summed E-state index contributed by atoms with van der Waals surface area (Å²) in [6, 6.07) is 14.1. The quantitative estimate of drug-likeness (QED) is 0.327. The summed E-state index contributed by atoms with van der Waals surface area (Å²) in [7, 11) is 1.55. The number of aliphatic hydroxyl groups excluding tert-OH is 1. The van der Waals surface area contributed by atoms with Crippen LogP contribution in [0.1, 0.15) is 30.0 Å². The molecule has 2 aliphatic rings. The number of rotatable bonds is 6. The first kappa shape index (κ1) is 21.8. The number of fused-ring (bicyclic) bond motifs is 2. The van der Waals surface area contributed by atoms with Gasteiger partial charge in [0, 0.05) is 37.9 Å². The molecule has 1 atom stereocenters. The molecule has 0 radical (unpaired) electrons. The number of hydrogen-bond donors (Lipinski definition) is 1. The number of para-hydroxylation sites is 1. The fourth-order valence-corrected chi connectivity index (χ4v) is 4.70. The molecule has 2 amide bonds. The van der Waals surface area contributed by atoms with Crippen molar-refractivity contribution in [2.24, 2.45) is 0 Å². The Morgan fingerprint density at radius 1 is 1.06 bits per heavy atom. The van der Waals surface area contributed by atoms with Crippen molar-refractivity contribution in [2.45, 2.75) is 25.8 Å². The first-order chi connectivity index (χ1) is 15.4. The highest BCUT2D eigenvalue weighted by Crippen LogP contribution is 2.53. The van der Waals surface area contributed by atoms with E-state index in [2.05, 4.69) is 0 Å². The molecule has 2 aromatic rings. The second-order valence-electron chi connectivity index (χ2n) is 8.00. The Morgan fingerprint density at radius 3 is 2.41 bits per heavy atom. The zero-order chi connectivity index (χ0) is 23.0. The lowest BCUT2D eigenvalue weighted by Gasteiger charge is -2.34. The van der Waals surface area contributed by atoms with Crippen LogP contribution in [0, 0.1) is 6.92 Å². The molecule has 4 rings (SSSR count). The lowest BCUT2D eigenvalue weighted by Crippen LogP contribution is -2.52. The number of anilines is 1. The Balaban J connectivity index is 2.02. The predicted molar refractivity (Wildman–Crippen MR) is 120 cm³/mol. The van der Waals surface area contributed by atoms with Crippen molar-refractivity contribution in [3.8, 4) is 0 Å². The third-order valence-corrected chi connectivity index (χ3v) is 6.18. The number of Topliss-reactive ketones (excluding diaryl/α,β-unsaturated/α-hetero) is 1. The largest absolute Gasteiger partial charge is 0.507 e. The first-order valence-corrected chi connectivity index (χ1v) is 10.7. The number of methoxy groups -OCH3 is 1. The zero-order valence-corrected chi connectivity index (χ0v) is 18.4. The SMILES string of the molecule is CCN1C(=O)[C@@]2(C(=C(O)c3ccc(C)cc3)C(=O)C(=O)N2CCCOC)c2ccccc21. The monoisotopic (exact) mass is 434 g/mol. The topological polar surface area (TPSA) is 87.2 Å². The van der Waals surface area contributed by atoms with E-state index in [9.17, 15) is 19.5 Å². The van der Waals surface area contributed by atoms with Crippen LogP contribution in [0.15, 0.2) is 54.1 Å². The number of ketones is 1. The van der Waals surface area contributed by atoms with Crippen LogP contribution in [0.25, 0.3) is 5.76 Å². The van der Waals surface area contributed by atoms with Gasteiger partial charge in [-0.3, -0.25) is 14.4 Å². The number of likely N-dealkylation sites (N-methyl/N-ethyl adjacent to an activating group) is 1. The molecule has 1 fully saturated rings. The third-order valence-electron chi connectivity index (χ3n) is 6.18. The molecule has 2 aromatic carbocycles. The van der Waals surface area contributed by atoms with E-state index >= 15 is 0 Å². The molecular weight excluding hydrogens is 408 g/mol.